The van der Waals surface area contributed by atoms with E-state index in [2.05, 4.69) is 35.7 Å². The molecule has 3 N–H and O–H groups in total. The van der Waals surface area contributed by atoms with Gasteiger partial charge in [0.25, 0.3) is 0 Å². The van der Waals surface area contributed by atoms with Crippen LogP contribution in [0.25, 0.3) is 0 Å². The molecule has 8 nitrogen and oxygen atoms in total. The average molecular weight is 506 g/mol. The van der Waals surface area contributed by atoms with E-state index >= 15 is 0 Å². The molecule has 0 aromatic carbocycles. The van der Waals surface area contributed by atoms with Gasteiger partial charge in [-0.1, -0.05) is 6.42 Å². The van der Waals surface area contributed by atoms with Crippen molar-refractivity contribution in [1.82, 2.24) is 25.5 Å². The maximum atomic E-state index is 13.1. The fraction of sp³-hybridized carbons (Fsp3) is 0.680. The maximum Gasteiger partial charge on any atom is 0.391 e. The number of hydrogen-bond acceptors (Lipinski definition) is 6. The van der Waals surface area contributed by atoms with Gasteiger partial charge < -0.3 is 15.5 Å². The summed E-state index contributed by atoms with van der Waals surface area (Å²) in [6, 6.07) is 4.06. The second-order valence-electron chi connectivity index (χ2n) is 10.6. The number of aromatic amines is 1. The molecule has 0 spiro atoms. The van der Waals surface area contributed by atoms with Crippen molar-refractivity contribution in [1.29, 1.82) is 0 Å². The number of halogens is 3. The summed E-state index contributed by atoms with van der Waals surface area (Å²) in [6.07, 6.45) is 4.22. The Hall–Kier alpha value is -2.85. The molecule has 2 unspecified atom stereocenters. The fourth-order valence-corrected chi connectivity index (χ4v) is 5.54. The largest absolute Gasteiger partial charge is 0.391 e. The highest BCUT2D eigenvalue weighted by molar-refractivity contribution is 5.79. The Bertz CT molecular complexity index is 1050. The third-order valence-electron chi connectivity index (χ3n) is 7.93. The van der Waals surface area contributed by atoms with Crippen molar-refractivity contribution < 1.29 is 18.0 Å². The molecule has 0 bridgehead atoms. The third-order valence-corrected chi connectivity index (χ3v) is 7.93. The van der Waals surface area contributed by atoms with Crippen LogP contribution in [0.15, 0.2) is 18.3 Å². The van der Waals surface area contributed by atoms with Gasteiger partial charge in [-0.25, -0.2) is 4.98 Å². The summed E-state index contributed by atoms with van der Waals surface area (Å²) in [5.74, 6) is 0.511. The fourth-order valence-electron chi connectivity index (χ4n) is 5.54. The van der Waals surface area contributed by atoms with Gasteiger partial charge >= 0.3 is 6.18 Å². The molecule has 2 aromatic heterocycles. The summed E-state index contributed by atoms with van der Waals surface area (Å²) in [4.78, 5) is 23.8. The van der Waals surface area contributed by atoms with Crippen molar-refractivity contribution in [3.63, 3.8) is 0 Å². The third kappa shape index (κ3) is 5.92. The molecule has 3 fully saturated rings. The molecule has 0 saturated heterocycles. The molecule has 2 aromatic rings. The second-order valence-corrected chi connectivity index (χ2v) is 10.6. The lowest BCUT2D eigenvalue weighted by Gasteiger charge is -2.36. The molecule has 5 rings (SSSR count). The number of carbonyl (C=O) groups is 1. The van der Waals surface area contributed by atoms with Gasteiger partial charge in [0.1, 0.15) is 5.82 Å². The lowest BCUT2D eigenvalue weighted by molar-refractivity contribution is -0.186. The van der Waals surface area contributed by atoms with Gasteiger partial charge in [0.05, 0.1) is 5.92 Å². The summed E-state index contributed by atoms with van der Waals surface area (Å²) in [5, 5.41) is 13.7. The molecule has 0 aliphatic heterocycles. The Morgan fingerprint density at radius 3 is 2.58 bits per heavy atom. The lowest BCUT2D eigenvalue weighted by atomic mass is 9.80. The Morgan fingerprint density at radius 1 is 1.08 bits per heavy atom. The zero-order valence-electron chi connectivity index (χ0n) is 20.5. The van der Waals surface area contributed by atoms with Crippen LogP contribution in [0.2, 0.25) is 0 Å². The molecular formula is C25H34F3N7O. The molecule has 196 valence electrons. The molecule has 2 atom stereocenters. The first-order chi connectivity index (χ1) is 17.3. The normalized spacial score (nSPS) is 26.9. The highest BCUT2D eigenvalue weighted by atomic mass is 19.4. The summed E-state index contributed by atoms with van der Waals surface area (Å²) < 4.78 is 39.3. The second kappa shape index (κ2) is 10.3. The Morgan fingerprint density at radius 2 is 1.86 bits per heavy atom. The first-order valence-electron chi connectivity index (χ1n) is 13.0. The smallest absolute Gasteiger partial charge is 0.353 e. The van der Waals surface area contributed by atoms with E-state index in [-0.39, 0.29) is 30.8 Å². The molecule has 11 heteroatoms. The van der Waals surface area contributed by atoms with E-state index in [0.717, 1.165) is 37.2 Å². The van der Waals surface area contributed by atoms with Crippen molar-refractivity contribution in [2.24, 2.45) is 11.8 Å². The first-order valence-corrected chi connectivity index (χ1v) is 13.0. The van der Waals surface area contributed by atoms with Crippen LogP contribution in [0.3, 0.4) is 0 Å². The van der Waals surface area contributed by atoms with Crippen LogP contribution in [0, 0.1) is 11.8 Å². The van der Waals surface area contributed by atoms with E-state index in [0.29, 0.717) is 30.5 Å². The Balaban J connectivity index is 1.11. The number of H-pyrrole nitrogens is 1. The maximum absolute atomic E-state index is 13.1. The average Bonchev–Trinajstić information content (AvgIpc) is 3.62. The summed E-state index contributed by atoms with van der Waals surface area (Å²) >= 11 is 0. The van der Waals surface area contributed by atoms with Crippen LogP contribution in [-0.4, -0.2) is 51.4 Å². The van der Waals surface area contributed by atoms with Crippen LogP contribution in [-0.2, 0) is 4.79 Å². The zero-order chi connectivity index (χ0) is 25.3. The SMILES string of the molecule is CN(c1nccc(Nc2cc(C3CC3)[nH]n2)n1)C1CCC(NC(=O)C2CCCC(C(F)(F)F)C2)CC1. The number of nitrogens with zero attached hydrogens (tertiary/aromatic N) is 4. The van der Waals surface area contributed by atoms with E-state index in [1.165, 1.54) is 12.8 Å². The van der Waals surface area contributed by atoms with Crippen molar-refractivity contribution >= 4 is 23.5 Å². The van der Waals surface area contributed by atoms with Gasteiger partial charge in [-0.3, -0.25) is 9.89 Å². The van der Waals surface area contributed by atoms with Gasteiger partial charge in [-0.2, -0.15) is 23.3 Å². The Labute approximate surface area is 208 Å². The minimum Gasteiger partial charge on any atom is -0.353 e. The van der Waals surface area contributed by atoms with Crippen molar-refractivity contribution in [2.45, 2.75) is 88.4 Å². The van der Waals surface area contributed by atoms with Crippen LogP contribution in [0.1, 0.15) is 75.8 Å². The van der Waals surface area contributed by atoms with Crippen LogP contribution < -0.4 is 15.5 Å². The van der Waals surface area contributed by atoms with Gasteiger partial charge in [-0.05, 0) is 63.9 Å². The number of aromatic nitrogens is 4. The van der Waals surface area contributed by atoms with Gasteiger partial charge in [-0.15, -0.1) is 0 Å². The lowest BCUT2D eigenvalue weighted by Crippen LogP contribution is -2.46. The zero-order valence-corrected chi connectivity index (χ0v) is 20.5. The molecule has 3 aliphatic carbocycles. The van der Waals surface area contributed by atoms with Crippen LogP contribution in [0.5, 0.6) is 0 Å². The summed E-state index contributed by atoms with van der Waals surface area (Å²) in [6.45, 7) is 0. The molecule has 3 aliphatic rings. The summed E-state index contributed by atoms with van der Waals surface area (Å²) in [5.41, 5.74) is 1.15. The predicted octanol–water partition coefficient (Wildman–Crippen LogP) is 5.05. The molecule has 1 amide bonds. The van der Waals surface area contributed by atoms with Crippen LogP contribution >= 0.6 is 0 Å². The van der Waals surface area contributed by atoms with E-state index in [9.17, 15) is 18.0 Å². The topological polar surface area (TPSA) is 98.8 Å². The first kappa shape index (κ1) is 24.8. The van der Waals surface area contributed by atoms with Crippen LogP contribution in [0.4, 0.5) is 30.8 Å². The minimum absolute atomic E-state index is 0.00246. The number of nitrogens with one attached hydrogen (secondary N) is 3. The van der Waals surface area contributed by atoms with E-state index in [1.807, 2.05) is 19.2 Å². The monoisotopic (exact) mass is 505 g/mol. The minimum atomic E-state index is -4.21. The van der Waals surface area contributed by atoms with Gasteiger partial charge in [0, 0.05) is 48.9 Å². The molecule has 3 saturated carbocycles. The molecule has 2 heterocycles. The molecular weight excluding hydrogens is 471 g/mol. The highest BCUT2D eigenvalue weighted by Crippen LogP contribution is 2.41. The standard InChI is InChI=1S/C25H34F3N7O/c1-35(24-29-12-11-21(32-24)31-22-14-20(33-34-22)15-5-6-15)19-9-7-18(8-10-19)30-23(36)16-3-2-4-17(13-16)25(26,27)28/h11-12,14-19H,2-10,13H2,1H3,(H,30,36)(H2,29,31,32,33,34). The quantitative estimate of drug-likeness (QED) is 0.487. The number of anilines is 3. The highest BCUT2D eigenvalue weighted by Gasteiger charge is 2.43. The van der Waals surface area contributed by atoms with Gasteiger partial charge in [0.2, 0.25) is 11.9 Å². The Kier molecular flexibility index (Phi) is 7.07. The van der Waals surface area contributed by atoms with E-state index in [1.54, 1.807) is 6.20 Å². The van der Waals surface area contributed by atoms with Crippen molar-refractivity contribution in [2.75, 3.05) is 17.3 Å². The number of rotatable bonds is 7. The van der Waals surface area contributed by atoms with Crippen molar-refractivity contribution in [3.8, 4) is 0 Å². The van der Waals surface area contributed by atoms with E-state index < -0.39 is 18.0 Å². The molecule has 36 heavy (non-hydrogen) atoms. The summed E-state index contributed by atoms with van der Waals surface area (Å²) in [7, 11) is 1.97. The molecule has 0 radical (unpaired) electrons. The predicted molar refractivity (Wildman–Crippen MR) is 130 cm³/mol. The number of carbonyl (C=O) groups excluding carboxylic acids is 1. The number of alkyl halides is 3. The number of hydrogen-bond donors (Lipinski definition) is 3. The van der Waals surface area contributed by atoms with E-state index in [4.69, 9.17) is 0 Å². The number of amides is 1. The van der Waals surface area contributed by atoms with Crippen molar-refractivity contribution in [3.05, 3.63) is 24.0 Å². The van der Waals surface area contributed by atoms with Gasteiger partial charge in [0.15, 0.2) is 5.82 Å².